The highest BCUT2D eigenvalue weighted by Crippen LogP contribution is 2.19. The second-order valence-electron chi connectivity index (χ2n) is 6.27. The summed E-state index contributed by atoms with van der Waals surface area (Å²) in [7, 11) is -0.384. The Bertz CT molecular complexity index is 571. The Kier molecular flexibility index (Phi) is 6.99. The molecule has 0 fully saturated rings. The van der Waals surface area contributed by atoms with E-state index in [2.05, 4.69) is 19.2 Å². The molecule has 0 saturated carbocycles. The first-order valence-corrected chi connectivity index (χ1v) is 9.02. The van der Waals surface area contributed by atoms with Crippen molar-refractivity contribution in [3.8, 4) is 0 Å². The van der Waals surface area contributed by atoms with Gasteiger partial charge in [0.1, 0.15) is 0 Å². The summed E-state index contributed by atoms with van der Waals surface area (Å²) in [6.45, 7) is 6.60. The van der Waals surface area contributed by atoms with Crippen LogP contribution in [0.25, 0.3) is 0 Å². The van der Waals surface area contributed by atoms with Crippen molar-refractivity contribution in [2.24, 2.45) is 5.92 Å². The zero-order valence-corrected chi connectivity index (χ0v) is 14.9. The smallest absolute Gasteiger partial charge is 0.242 e. The van der Waals surface area contributed by atoms with E-state index in [1.807, 2.05) is 13.0 Å². The van der Waals surface area contributed by atoms with Gasteiger partial charge in [0.15, 0.2) is 0 Å². The lowest BCUT2D eigenvalue weighted by atomic mass is 10.0. The third-order valence-electron chi connectivity index (χ3n) is 3.54. The minimum absolute atomic E-state index is 0.0286. The molecule has 0 spiro atoms. The lowest BCUT2D eigenvalue weighted by Gasteiger charge is -2.19. The fourth-order valence-corrected chi connectivity index (χ4v) is 3.17. The molecule has 2 N–H and O–H groups in total. The number of hydrogen-bond donors (Lipinski definition) is 2. The molecule has 22 heavy (non-hydrogen) atoms. The van der Waals surface area contributed by atoms with Crippen molar-refractivity contribution in [1.82, 2.24) is 9.62 Å². The largest absolute Gasteiger partial charge is 0.392 e. The number of rotatable bonds is 8. The lowest BCUT2D eigenvalue weighted by Crippen LogP contribution is -2.30. The molecule has 2 atom stereocenters. The van der Waals surface area contributed by atoms with Gasteiger partial charge in [-0.25, -0.2) is 12.7 Å². The molecule has 0 radical (unpaired) electrons. The van der Waals surface area contributed by atoms with Crippen molar-refractivity contribution in [3.63, 3.8) is 0 Å². The van der Waals surface area contributed by atoms with Gasteiger partial charge in [-0.15, -0.1) is 0 Å². The van der Waals surface area contributed by atoms with E-state index in [4.69, 9.17) is 0 Å². The van der Waals surface area contributed by atoms with E-state index >= 15 is 0 Å². The lowest BCUT2D eigenvalue weighted by molar-refractivity contribution is 0.143. The van der Waals surface area contributed by atoms with Crippen LogP contribution < -0.4 is 5.32 Å². The minimum atomic E-state index is -3.42. The molecular weight excluding hydrogens is 300 g/mol. The molecule has 0 aliphatic rings. The third-order valence-corrected chi connectivity index (χ3v) is 5.35. The molecule has 1 aromatic rings. The van der Waals surface area contributed by atoms with Crippen LogP contribution in [0.1, 0.15) is 38.8 Å². The molecule has 0 aliphatic heterocycles. The first-order chi connectivity index (χ1) is 10.1. The highest BCUT2D eigenvalue weighted by Gasteiger charge is 2.18. The van der Waals surface area contributed by atoms with Crippen molar-refractivity contribution < 1.29 is 13.5 Å². The molecule has 0 aromatic heterocycles. The number of benzene rings is 1. The van der Waals surface area contributed by atoms with E-state index in [-0.39, 0.29) is 10.9 Å². The minimum Gasteiger partial charge on any atom is -0.392 e. The Labute approximate surface area is 134 Å². The average molecular weight is 328 g/mol. The van der Waals surface area contributed by atoms with Crippen molar-refractivity contribution in [2.75, 3.05) is 20.6 Å². The highest BCUT2D eigenvalue weighted by molar-refractivity contribution is 7.89. The number of aliphatic hydroxyl groups is 1. The highest BCUT2D eigenvalue weighted by atomic mass is 32.2. The Balaban J connectivity index is 2.77. The van der Waals surface area contributed by atoms with Gasteiger partial charge in [0, 0.05) is 26.7 Å². The number of nitrogens with one attached hydrogen (secondary N) is 1. The maximum absolute atomic E-state index is 12.2. The first-order valence-electron chi connectivity index (χ1n) is 7.58. The summed E-state index contributed by atoms with van der Waals surface area (Å²) in [6, 6.07) is 6.88. The molecule has 0 bridgehead atoms. The summed E-state index contributed by atoms with van der Waals surface area (Å²) in [5, 5.41) is 13.2. The van der Waals surface area contributed by atoms with Crippen LogP contribution in [-0.4, -0.2) is 44.6 Å². The predicted molar refractivity (Wildman–Crippen MR) is 89.2 cm³/mol. The van der Waals surface area contributed by atoms with Crippen LogP contribution in [0, 0.1) is 5.92 Å². The van der Waals surface area contributed by atoms with Gasteiger partial charge in [-0.05, 0) is 37.0 Å². The van der Waals surface area contributed by atoms with Gasteiger partial charge in [0.05, 0.1) is 11.0 Å². The summed E-state index contributed by atoms with van der Waals surface area (Å²) >= 11 is 0. The molecule has 6 heteroatoms. The number of sulfonamides is 1. The summed E-state index contributed by atoms with van der Waals surface area (Å²) in [4.78, 5) is 0.284. The first kappa shape index (κ1) is 19.1. The van der Waals surface area contributed by atoms with Gasteiger partial charge in [-0.3, -0.25) is 0 Å². The maximum atomic E-state index is 12.2. The van der Waals surface area contributed by atoms with Gasteiger partial charge in [-0.1, -0.05) is 26.0 Å². The van der Waals surface area contributed by atoms with Gasteiger partial charge >= 0.3 is 0 Å². The number of aliphatic hydroxyl groups excluding tert-OH is 1. The number of hydrogen-bond acceptors (Lipinski definition) is 4. The van der Waals surface area contributed by atoms with Crippen LogP contribution in [-0.2, 0) is 10.0 Å². The van der Waals surface area contributed by atoms with Crippen LogP contribution in [0.3, 0.4) is 0 Å². The molecular formula is C16H28N2O3S. The predicted octanol–water partition coefficient (Wildman–Crippen LogP) is 1.99. The zero-order valence-electron chi connectivity index (χ0n) is 14.1. The standard InChI is InChI=1S/C16H28N2O3S/c1-12(2)9-15(19)11-17-13(3)14-7-6-8-16(10-14)22(20,21)18(4)5/h6-8,10,12-13,15,17,19H,9,11H2,1-5H3. The molecule has 126 valence electrons. The molecule has 0 aliphatic carbocycles. The monoisotopic (exact) mass is 328 g/mol. The van der Waals surface area contributed by atoms with Gasteiger partial charge < -0.3 is 10.4 Å². The van der Waals surface area contributed by atoms with E-state index in [1.165, 1.54) is 18.4 Å². The van der Waals surface area contributed by atoms with E-state index in [0.29, 0.717) is 12.5 Å². The van der Waals surface area contributed by atoms with Gasteiger partial charge in [0.2, 0.25) is 10.0 Å². The van der Waals surface area contributed by atoms with Crippen molar-refractivity contribution in [1.29, 1.82) is 0 Å². The zero-order chi connectivity index (χ0) is 16.9. The summed E-state index contributed by atoms with van der Waals surface area (Å²) < 4.78 is 25.5. The van der Waals surface area contributed by atoms with Gasteiger partial charge in [0.25, 0.3) is 0 Å². The molecule has 0 saturated heterocycles. The van der Waals surface area contributed by atoms with Crippen molar-refractivity contribution in [2.45, 2.75) is 44.2 Å². The number of nitrogens with zero attached hydrogens (tertiary/aromatic N) is 1. The fourth-order valence-electron chi connectivity index (χ4n) is 2.21. The average Bonchev–Trinajstić information content (AvgIpc) is 2.44. The summed E-state index contributed by atoms with van der Waals surface area (Å²) in [6.07, 6.45) is 0.352. The maximum Gasteiger partial charge on any atom is 0.242 e. The quantitative estimate of drug-likeness (QED) is 0.766. The van der Waals surface area contributed by atoms with Crippen LogP contribution >= 0.6 is 0 Å². The molecule has 2 unspecified atom stereocenters. The van der Waals surface area contributed by atoms with E-state index < -0.39 is 16.1 Å². The van der Waals surface area contributed by atoms with Crippen LogP contribution in [0.5, 0.6) is 0 Å². The summed E-state index contributed by atoms with van der Waals surface area (Å²) in [5.41, 5.74) is 0.889. The van der Waals surface area contributed by atoms with Gasteiger partial charge in [-0.2, -0.15) is 0 Å². The van der Waals surface area contributed by atoms with Crippen LogP contribution in [0.15, 0.2) is 29.2 Å². The Morgan fingerprint density at radius 2 is 1.86 bits per heavy atom. The molecule has 0 amide bonds. The molecule has 1 aromatic carbocycles. The van der Waals surface area contributed by atoms with E-state index in [1.54, 1.807) is 18.2 Å². The Morgan fingerprint density at radius 3 is 2.41 bits per heavy atom. The van der Waals surface area contributed by atoms with Crippen molar-refractivity contribution >= 4 is 10.0 Å². The third kappa shape index (κ3) is 5.35. The summed E-state index contributed by atoms with van der Waals surface area (Å²) in [5.74, 6) is 0.445. The van der Waals surface area contributed by atoms with Crippen LogP contribution in [0.2, 0.25) is 0 Å². The fraction of sp³-hybridized carbons (Fsp3) is 0.625. The normalized spacial score (nSPS) is 15.3. The second kappa shape index (κ2) is 8.06. The Hall–Kier alpha value is -0.950. The molecule has 0 heterocycles. The topological polar surface area (TPSA) is 69.6 Å². The van der Waals surface area contributed by atoms with Crippen molar-refractivity contribution in [3.05, 3.63) is 29.8 Å². The van der Waals surface area contributed by atoms with E-state index in [9.17, 15) is 13.5 Å². The SMILES string of the molecule is CC(C)CC(O)CNC(C)c1cccc(S(=O)(=O)N(C)C)c1. The van der Waals surface area contributed by atoms with Crippen LogP contribution in [0.4, 0.5) is 0 Å². The van der Waals surface area contributed by atoms with E-state index in [0.717, 1.165) is 12.0 Å². The molecule has 1 rings (SSSR count). The Morgan fingerprint density at radius 1 is 1.23 bits per heavy atom. The second-order valence-corrected chi connectivity index (χ2v) is 8.43. The molecule has 5 nitrogen and oxygen atoms in total.